The van der Waals surface area contributed by atoms with Crippen LogP contribution in [0.1, 0.15) is 12.5 Å². The van der Waals surface area contributed by atoms with Gasteiger partial charge in [0.25, 0.3) is 0 Å². The van der Waals surface area contributed by atoms with Gasteiger partial charge in [0.1, 0.15) is 5.75 Å². The van der Waals surface area contributed by atoms with Gasteiger partial charge in [-0.3, -0.25) is 0 Å². The second-order valence-electron chi connectivity index (χ2n) is 7.65. The Morgan fingerprint density at radius 2 is 1.53 bits per heavy atom. The molecule has 11 heteroatoms. The lowest BCUT2D eigenvalue weighted by Gasteiger charge is -2.34. The van der Waals surface area contributed by atoms with Gasteiger partial charge in [-0.05, 0) is 67.6 Å². The van der Waals surface area contributed by atoms with E-state index in [9.17, 15) is 21.6 Å². The van der Waals surface area contributed by atoms with Crippen LogP contribution in [0, 0.1) is 0 Å². The number of anilines is 1. The van der Waals surface area contributed by atoms with Crippen LogP contribution in [0.5, 0.6) is 5.75 Å². The Morgan fingerprint density at radius 1 is 0.882 bits per heavy atom. The maximum Gasteiger partial charge on any atom is 0.416 e. The summed E-state index contributed by atoms with van der Waals surface area (Å²) >= 11 is 0. The standard InChI is InChI=1S/C23H23F3N4O3S/c1-2-33-19-7-3-17(4-8-19)21-11-12-22(28-27-21)29-13-15-30(16-14-29)34(31,32)20-9-5-18(6-10-20)23(24,25)26/h3-12H,2,13-16H2,1H3. The van der Waals surface area contributed by atoms with Gasteiger partial charge >= 0.3 is 6.18 Å². The van der Waals surface area contributed by atoms with Gasteiger partial charge in [0.15, 0.2) is 5.82 Å². The molecule has 0 spiro atoms. The van der Waals surface area contributed by atoms with E-state index in [-0.39, 0.29) is 18.0 Å². The van der Waals surface area contributed by atoms with E-state index in [1.807, 2.05) is 48.2 Å². The molecule has 1 fully saturated rings. The maximum absolute atomic E-state index is 12.8. The van der Waals surface area contributed by atoms with Crippen molar-refractivity contribution in [2.24, 2.45) is 0 Å². The molecule has 1 aliphatic rings. The highest BCUT2D eigenvalue weighted by atomic mass is 32.2. The minimum absolute atomic E-state index is 0.159. The molecule has 0 saturated carbocycles. The molecule has 3 aromatic rings. The monoisotopic (exact) mass is 492 g/mol. The number of sulfonamides is 1. The lowest BCUT2D eigenvalue weighted by atomic mass is 10.1. The molecule has 0 aliphatic carbocycles. The number of piperazine rings is 1. The number of ether oxygens (including phenoxy) is 1. The summed E-state index contributed by atoms with van der Waals surface area (Å²) in [6.45, 7) is 3.65. The Labute approximate surface area is 195 Å². The second kappa shape index (κ2) is 9.59. The third kappa shape index (κ3) is 5.15. The lowest BCUT2D eigenvalue weighted by molar-refractivity contribution is -0.137. The van der Waals surface area contributed by atoms with Gasteiger partial charge in [-0.25, -0.2) is 8.42 Å². The molecule has 0 unspecified atom stereocenters. The molecule has 1 aliphatic heterocycles. The molecule has 0 atom stereocenters. The summed E-state index contributed by atoms with van der Waals surface area (Å²) in [4.78, 5) is 1.77. The summed E-state index contributed by atoms with van der Waals surface area (Å²) in [6.07, 6.45) is -4.52. The van der Waals surface area contributed by atoms with Crippen molar-refractivity contribution in [3.63, 3.8) is 0 Å². The van der Waals surface area contributed by atoms with Crippen LogP contribution >= 0.6 is 0 Å². The normalized spacial score (nSPS) is 15.4. The Hall–Kier alpha value is -3.18. The first kappa shape index (κ1) is 24.0. The van der Waals surface area contributed by atoms with Crippen LogP contribution in [0.2, 0.25) is 0 Å². The number of aromatic nitrogens is 2. The Kier molecular flexibility index (Phi) is 6.76. The number of nitrogens with zero attached hydrogens (tertiary/aromatic N) is 4. The van der Waals surface area contributed by atoms with Gasteiger partial charge in [0.2, 0.25) is 10.0 Å². The van der Waals surface area contributed by atoms with Crippen LogP contribution in [0.15, 0.2) is 65.6 Å². The summed E-state index contributed by atoms with van der Waals surface area (Å²) in [7, 11) is -3.89. The van der Waals surface area contributed by atoms with Gasteiger partial charge < -0.3 is 9.64 Å². The van der Waals surface area contributed by atoms with Crippen molar-refractivity contribution in [2.45, 2.75) is 18.0 Å². The zero-order valence-corrected chi connectivity index (χ0v) is 19.2. The summed E-state index contributed by atoms with van der Waals surface area (Å²) < 4.78 is 70.7. The highest BCUT2D eigenvalue weighted by molar-refractivity contribution is 7.89. The van der Waals surface area contributed by atoms with Crippen molar-refractivity contribution in [2.75, 3.05) is 37.7 Å². The van der Waals surface area contributed by atoms with E-state index in [0.29, 0.717) is 31.2 Å². The van der Waals surface area contributed by atoms with Crippen LogP contribution in [-0.2, 0) is 16.2 Å². The third-order valence-electron chi connectivity index (χ3n) is 5.49. The first-order chi connectivity index (χ1) is 16.2. The average Bonchev–Trinajstić information content (AvgIpc) is 2.84. The molecule has 7 nitrogen and oxygen atoms in total. The molecule has 1 aromatic heterocycles. The Bertz CT molecular complexity index is 1210. The lowest BCUT2D eigenvalue weighted by Crippen LogP contribution is -2.49. The first-order valence-electron chi connectivity index (χ1n) is 10.7. The van der Waals surface area contributed by atoms with Crippen LogP contribution in [0.3, 0.4) is 0 Å². The Morgan fingerprint density at radius 3 is 2.06 bits per heavy atom. The van der Waals surface area contributed by atoms with Crippen LogP contribution in [0.4, 0.5) is 19.0 Å². The SMILES string of the molecule is CCOc1ccc(-c2ccc(N3CCN(S(=O)(=O)c4ccc(C(F)(F)F)cc4)CC3)nn2)cc1. The molecule has 2 heterocycles. The molecule has 1 saturated heterocycles. The zero-order chi connectivity index (χ0) is 24.3. The van der Waals surface area contributed by atoms with Crippen LogP contribution < -0.4 is 9.64 Å². The van der Waals surface area contributed by atoms with Crippen molar-refractivity contribution >= 4 is 15.8 Å². The quantitative estimate of drug-likeness (QED) is 0.517. The fourth-order valence-corrected chi connectivity index (χ4v) is 5.08. The molecule has 34 heavy (non-hydrogen) atoms. The summed E-state index contributed by atoms with van der Waals surface area (Å²) in [6, 6.07) is 14.8. The molecule has 0 bridgehead atoms. The van der Waals surface area contributed by atoms with E-state index >= 15 is 0 Å². The van der Waals surface area contributed by atoms with E-state index in [2.05, 4.69) is 10.2 Å². The number of rotatable bonds is 6. The minimum Gasteiger partial charge on any atom is -0.494 e. The number of hydrogen-bond acceptors (Lipinski definition) is 6. The fraction of sp³-hybridized carbons (Fsp3) is 0.304. The van der Waals surface area contributed by atoms with Crippen molar-refractivity contribution in [1.29, 1.82) is 0 Å². The molecule has 0 N–H and O–H groups in total. The van der Waals surface area contributed by atoms with Gasteiger partial charge in [0, 0.05) is 31.7 Å². The van der Waals surface area contributed by atoms with Gasteiger partial charge in [-0.2, -0.15) is 17.5 Å². The topological polar surface area (TPSA) is 75.6 Å². The highest BCUT2D eigenvalue weighted by Crippen LogP contribution is 2.30. The predicted octanol–water partition coefficient (Wildman–Crippen LogP) is 4.07. The average molecular weight is 493 g/mol. The van der Waals surface area contributed by atoms with Gasteiger partial charge in [0.05, 0.1) is 22.8 Å². The van der Waals surface area contributed by atoms with E-state index in [1.165, 1.54) is 4.31 Å². The predicted molar refractivity (Wildman–Crippen MR) is 121 cm³/mol. The van der Waals surface area contributed by atoms with E-state index < -0.39 is 21.8 Å². The number of benzene rings is 2. The third-order valence-corrected chi connectivity index (χ3v) is 7.41. The summed E-state index contributed by atoms with van der Waals surface area (Å²) in [5.74, 6) is 1.40. The largest absolute Gasteiger partial charge is 0.494 e. The molecule has 2 aromatic carbocycles. The van der Waals surface area contributed by atoms with Crippen molar-refractivity contribution in [3.05, 3.63) is 66.2 Å². The van der Waals surface area contributed by atoms with Crippen LogP contribution in [-0.4, -0.2) is 55.7 Å². The van der Waals surface area contributed by atoms with Gasteiger partial charge in [-0.15, -0.1) is 10.2 Å². The zero-order valence-electron chi connectivity index (χ0n) is 18.4. The minimum atomic E-state index is -4.52. The van der Waals surface area contributed by atoms with E-state index in [1.54, 1.807) is 0 Å². The number of alkyl halides is 3. The summed E-state index contributed by atoms with van der Waals surface area (Å²) in [5.41, 5.74) is 0.716. The molecule has 0 amide bonds. The highest BCUT2D eigenvalue weighted by Gasteiger charge is 2.32. The van der Waals surface area contributed by atoms with Gasteiger partial charge in [-0.1, -0.05) is 0 Å². The molecular weight excluding hydrogens is 469 g/mol. The van der Waals surface area contributed by atoms with Crippen LogP contribution in [0.25, 0.3) is 11.3 Å². The van der Waals surface area contributed by atoms with E-state index in [4.69, 9.17) is 4.74 Å². The van der Waals surface area contributed by atoms with E-state index in [0.717, 1.165) is 35.6 Å². The van der Waals surface area contributed by atoms with Crippen molar-refractivity contribution in [1.82, 2.24) is 14.5 Å². The Balaban J connectivity index is 1.39. The smallest absolute Gasteiger partial charge is 0.416 e. The summed E-state index contributed by atoms with van der Waals surface area (Å²) in [5, 5.41) is 8.57. The maximum atomic E-state index is 12.8. The van der Waals surface area contributed by atoms with Crippen molar-refractivity contribution in [3.8, 4) is 17.0 Å². The molecule has 0 radical (unpaired) electrons. The van der Waals surface area contributed by atoms with Crippen molar-refractivity contribution < 1.29 is 26.3 Å². The number of halogens is 3. The molecule has 4 rings (SSSR count). The fourth-order valence-electron chi connectivity index (χ4n) is 3.66. The first-order valence-corrected chi connectivity index (χ1v) is 12.1. The molecular formula is C23H23F3N4O3S. The number of hydrogen-bond donors (Lipinski definition) is 0. The second-order valence-corrected chi connectivity index (χ2v) is 9.59. The molecule has 180 valence electrons.